The summed E-state index contributed by atoms with van der Waals surface area (Å²) >= 11 is 0. The molecular formula is C20H31IN4O. The second kappa shape index (κ2) is 11.6. The van der Waals surface area contributed by atoms with Gasteiger partial charge in [-0.15, -0.1) is 24.0 Å². The van der Waals surface area contributed by atoms with Crippen LogP contribution in [-0.2, 0) is 11.3 Å². The molecule has 144 valence electrons. The highest BCUT2D eigenvalue weighted by Gasteiger charge is 2.19. The van der Waals surface area contributed by atoms with Gasteiger partial charge >= 0.3 is 0 Å². The van der Waals surface area contributed by atoms with Gasteiger partial charge in [0.1, 0.15) is 0 Å². The Morgan fingerprint density at radius 3 is 2.58 bits per heavy atom. The summed E-state index contributed by atoms with van der Waals surface area (Å²) in [6.45, 7) is 7.85. The van der Waals surface area contributed by atoms with Crippen LogP contribution >= 0.6 is 24.0 Å². The molecule has 1 fully saturated rings. The maximum absolute atomic E-state index is 5.36. The number of benzene rings is 1. The predicted octanol–water partition coefficient (Wildman–Crippen LogP) is 2.73. The Hall–Kier alpha value is -1.12. The lowest BCUT2D eigenvalue weighted by Crippen LogP contribution is -2.52. The van der Waals surface area contributed by atoms with Gasteiger partial charge in [0, 0.05) is 46.3 Å². The van der Waals surface area contributed by atoms with Crippen LogP contribution in [0.5, 0.6) is 0 Å². The van der Waals surface area contributed by atoms with Crippen LogP contribution in [0, 0.1) is 0 Å². The molecule has 0 aliphatic carbocycles. The number of hydrogen-bond donors (Lipinski definition) is 1. The standard InChI is InChI=1S/C20H30N4O.HI/c1-21-20(22-10-7-18-8-15-25-16-9-18)24-13-11-23(12-14-24)17-19-5-3-2-4-6-19;/h2-6,8H,7,9-17H2,1H3,(H,21,22);1H. The molecule has 2 aliphatic heterocycles. The number of rotatable bonds is 5. The zero-order chi connectivity index (χ0) is 17.3. The van der Waals surface area contributed by atoms with Gasteiger partial charge in [-0.1, -0.05) is 42.0 Å². The van der Waals surface area contributed by atoms with E-state index in [2.05, 4.69) is 56.5 Å². The quantitative estimate of drug-likeness (QED) is 0.311. The second-order valence-electron chi connectivity index (χ2n) is 6.66. The first-order valence-electron chi connectivity index (χ1n) is 9.32. The zero-order valence-corrected chi connectivity index (χ0v) is 18.0. The van der Waals surface area contributed by atoms with E-state index in [0.717, 1.165) is 71.3 Å². The third-order valence-electron chi connectivity index (χ3n) is 4.92. The van der Waals surface area contributed by atoms with Gasteiger partial charge in [0.05, 0.1) is 13.2 Å². The first-order chi connectivity index (χ1) is 12.3. The molecule has 0 radical (unpaired) electrons. The number of guanidine groups is 1. The summed E-state index contributed by atoms with van der Waals surface area (Å²) in [7, 11) is 1.88. The second-order valence-corrected chi connectivity index (χ2v) is 6.66. The molecule has 1 aromatic carbocycles. The van der Waals surface area contributed by atoms with Crippen molar-refractivity contribution in [1.82, 2.24) is 15.1 Å². The van der Waals surface area contributed by atoms with E-state index in [9.17, 15) is 0 Å². The van der Waals surface area contributed by atoms with Crippen LogP contribution in [0.2, 0.25) is 0 Å². The van der Waals surface area contributed by atoms with Gasteiger partial charge in [-0.05, 0) is 18.4 Å². The van der Waals surface area contributed by atoms with Crippen LogP contribution in [0.25, 0.3) is 0 Å². The molecule has 0 saturated carbocycles. The highest BCUT2D eigenvalue weighted by molar-refractivity contribution is 14.0. The highest BCUT2D eigenvalue weighted by Crippen LogP contribution is 2.11. The lowest BCUT2D eigenvalue weighted by atomic mass is 10.1. The number of piperazine rings is 1. The Kier molecular flexibility index (Phi) is 9.42. The average molecular weight is 470 g/mol. The number of hydrogen-bond acceptors (Lipinski definition) is 3. The van der Waals surface area contributed by atoms with E-state index in [4.69, 9.17) is 4.74 Å². The van der Waals surface area contributed by atoms with Gasteiger partial charge in [-0.3, -0.25) is 9.89 Å². The maximum atomic E-state index is 5.36. The van der Waals surface area contributed by atoms with Gasteiger partial charge in [0.2, 0.25) is 0 Å². The molecule has 5 nitrogen and oxygen atoms in total. The van der Waals surface area contributed by atoms with Crippen molar-refractivity contribution >= 4 is 29.9 Å². The summed E-state index contributed by atoms with van der Waals surface area (Å²) in [6.07, 6.45) is 4.37. The fraction of sp³-hybridized carbons (Fsp3) is 0.550. The molecule has 0 bridgehead atoms. The molecule has 3 rings (SSSR count). The molecule has 1 saturated heterocycles. The molecule has 2 aliphatic rings. The van der Waals surface area contributed by atoms with E-state index in [1.165, 1.54) is 11.1 Å². The Labute approximate surface area is 174 Å². The van der Waals surface area contributed by atoms with E-state index in [-0.39, 0.29) is 24.0 Å². The maximum Gasteiger partial charge on any atom is 0.193 e. The zero-order valence-electron chi connectivity index (χ0n) is 15.7. The minimum Gasteiger partial charge on any atom is -0.377 e. The van der Waals surface area contributed by atoms with Crippen LogP contribution in [0.3, 0.4) is 0 Å². The van der Waals surface area contributed by atoms with Gasteiger partial charge in [-0.25, -0.2) is 0 Å². The van der Waals surface area contributed by atoms with E-state index in [0.29, 0.717) is 0 Å². The lowest BCUT2D eigenvalue weighted by Gasteiger charge is -2.36. The Morgan fingerprint density at radius 1 is 1.15 bits per heavy atom. The number of aliphatic imine (C=N–C) groups is 1. The van der Waals surface area contributed by atoms with Crippen molar-refractivity contribution in [3.05, 3.63) is 47.5 Å². The molecule has 0 spiro atoms. The van der Waals surface area contributed by atoms with Crippen molar-refractivity contribution in [1.29, 1.82) is 0 Å². The summed E-state index contributed by atoms with van der Waals surface area (Å²) < 4.78 is 5.36. The highest BCUT2D eigenvalue weighted by atomic mass is 127. The van der Waals surface area contributed by atoms with E-state index < -0.39 is 0 Å². The fourth-order valence-electron chi connectivity index (χ4n) is 3.42. The van der Waals surface area contributed by atoms with Crippen LogP contribution < -0.4 is 5.32 Å². The lowest BCUT2D eigenvalue weighted by molar-refractivity contribution is 0.153. The summed E-state index contributed by atoms with van der Waals surface area (Å²) in [4.78, 5) is 9.37. The number of ether oxygens (including phenoxy) is 1. The molecule has 6 heteroatoms. The minimum absolute atomic E-state index is 0. The molecule has 0 atom stereocenters. The summed E-state index contributed by atoms with van der Waals surface area (Å²) in [6, 6.07) is 10.7. The molecule has 0 aromatic heterocycles. The third-order valence-corrected chi connectivity index (χ3v) is 4.92. The molecular weight excluding hydrogens is 439 g/mol. The van der Waals surface area contributed by atoms with Crippen LogP contribution in [-0.4, -0.2) is 68.7 Å². The van der Waals surface area contributed by atoms with Crippen LogP contribution in [0.1, 0.15) is 18.4 Å². The predicted molar refractivity (Wildman–Crippen MR) is 118 cm³/mol. The minimum atomic E-state index is 0. The molecule has 26 heavy (non-hydrogen) atoms. The van der Waals surface area contributed by atoms with Crippen molar-refractivity contribution in [3.8, 4) is 0 Å². The smallest absolute Gasteiger partial charge is 0.193 e. The largest absolute Gasteiger partial charge is 0.377 e. The van der Waals surface area contributed by atoms with Gasteiger partial charge in [0.15, 0.2) is 5.96 Å². The first kappa shape index (κ1) is 21.2. The van der Waals surface area contributed by atoms with Crippen molar-refractivity contribution < 1.29 is 4.74 Å². The van der Waals surface area contributed by atoms with Crippen molar-refractivity contribution in [3.63, 3.8) is 0 Å². The fourth-order valence-corrected chi connectivity index (χ4v) is 3.42. The van der Waals surface area contributed by atoms with Crippen LogP contribution in [0.4, 0.5) is 0 Å². The van der Waals surface area contributed by atoms with Crippen LogP contribution in [0.15, 0.2) is 47.0 Å². The molecule has 1 aromatic rings. The van der Waals surface area contributed by atoms with Crippen molar-refractivity contribution in [2.24, 2.45) is 4.99 Å². The van der Waals surface area contributed by atoms with E-state index in [1.54, 1.807) is 0 Å². The summed E-state index contributed by atoms with van der Waals surface area (Å²) in [5.74, 6) is 1.03. The van der Waals surface area contributed by atoms with E-state index >= 15 is 0 Å². The monoisotopic (exact) mass is 470 g/mol. The number of nitrogens with zero attached hydrogens (tertiary/aromatic N) is 3. The first-order valence-corrected chi connectivity index (χ1v) is 9.32. The number of nitrogens with one attached hydrogen (secondary N) is 1. The molecule has 1 N–H and O–H groups in total. The SMILES string of the molecule is CN=C(NCCC1=CCOCC1)N1CCN(Cc2ccccc2)CC1.I. The molecule has 0 unspecified atom stereocenters. The summed E-state index contributed by atoms with van der Waals surface area (Å²) in [5, 5.41) is 3.53. The van der Waals surface area contributed by atoms with E-state index in [1.807, 2.05) is 7.05 Å². The third kappa shape index (κ3) is 6.55. The van der Waals surface area contributed by atoms with Crippen molar-refractivity contribution in [2.75, 3.05) is 53.0 Å². The molecule has 0 amide bonds. The summed E-state index contributed by atoms with van der Waals surface area (Å²) in [5.41, 5.74) is 2.89. The van der Waals surface area contributed by atoms with Gasteiger partial charge in [-0.2, -0.15) is 0 Å². The Bertz CT molecular complexity index is 583. The normalized spacial score (nSPS) is 18.9. The van der Waals surface area contributed by atoms with Gasteiger partial charge in [0.25, 0.3) is 0 Å². The van der Waals surface area contributed by atoms with Gasteiger partial charge < -0.3 is 15.0 Å². The Balaban J connectivity index is 0.00000243. The average Bonchev–Trinajstić information content (AvgIpc) is 2.68. The van der Waals surface area contributed by atoms with Crippen molar-refractivity contribution in [2.45, 2.75) is 19.4 Å². The Morgan fingerprint density at radius 2 is 1.92 bits per heavy atom. The molecule has 2 heterocycles. The number of halogens is 1. The topological polar surface area (TPSA) is 40.1 Å².